The Hall–Kier alpha value is -2.83. The second-order valence-corrected chi connectivity index (χ2v) is 9.37. The van der Waals surface area contributed by atoms with E-state index >= 15 is 0 Å². The summed E-state index contributed by atoms with van der Waals surface area (Å²) in [6, 6.07) is 18.9. The summed E-state index contributed by atoms with van der Waals surface area (Å²) in [6.07, 6.45) is 1.98. The molecule has 1 fully saturated rings. The fraction of sp³-hybridized carbons (Fsp3) is 0.346. The van der Waals surface area contributed by atoms with E-state index in [2.05, 4.69) is 60.1 Å². The van der Waals surface area contributed by atoms with Crippen molar-refractivity contribution in [1.29, 1.82) is 0 Å². The van der Waals surface area contributed by atoms with E-state index in [9.17, 15) is 4.79 Å². The Kier molecular flexibility index (Phi) is 6.14. The van der Waals surface area contributed by atoms with Crippen LogP contribution < -0.4 is 14.8 Å². The molecule has 3 aromatic rings. The molecule has 6 heteroatoms. The molecule has 1 N–H and O–H groups in total. The van der Waals surface area contributed by atoms with E-state index in [4.69, 9.17) is 9.47 Å². The van der Waals surface area contributed by atoms with Crippen LogP contribution in [0.2, 0.25) is 0 Å². The Bertz CT molecular complexity index is 1070. The fourth-order valence-electron chi connectivity index (χ4n) is 4.57. The number of likely N-dealkylation sites (tertiary alicyclic amines) is 1. The van der Waals surface area contributed by atoms with Crippen molar-refractivity contribution in [1.82, 2.24) is 10.2 Å². The third-order valence-corrected chi connectivity index (χ3v) is 7.16. The summed E-state index contributed by atoms with van der Waals surface area (Å²) in [5.41, 5.74) is 3.53. The normalized spacial score (nSPS) is 18.5. The molecule has 0 bridgehead atoms. The molecule has 0 unspecified atom stereocenters. The highest BCUT2D eigenvalue weighted by Crippen LogP contribution is 2.38. The summed E-state index contributed by atoms with van der Waals surface area (Å²) in [6.45, 7) is 4.33. The monoisotopic (exact) mass is 448 g/mol. The lowest BCUT2D eigenvalue weighted by atomic mass is 10.0. The molecule has 5 nitrogen and oxygen atoms in total. The minimum absolute atomic E-state index is 0.00916. The van der Waals surface area contributed by atoms with Gasteiger partial charge in [-0.3, -0.25) is 10.1 Å². The average Bonchev–Trinajstić information content (AvgIpc) is 3.52. The molecule has 2 atom stereocenters. The SMILES string of the molecule is Cc1ccc([C@H](NCC(=O)N2CCC[C@@H]2c2ccc3c(c2)OCCO3)c2cccs2)cc1. The van der Waals surface area contributed by atoms with Crippen LogP contribution in [-0.4, -0.2) is 37.1 Å². The van der Waals surface area contributed by atoms with Gasteiger partial charge in [0.25, 0.3) is 0 Å². The topological polar surface area (TPSA) is 50.8 Å². The van der Waals surface area contributed by atoms with Crippen LogP contribution in [0.3, 0.4) is 0 Å². The maximum atomic E-state index is 13.3. The number of nitrogens with one attached hydrogen (secondary N) is 1. The zero-order valence-electron chi connectivity index (χ0n) is 18.3. The summed E-state index contributed by atoms with van der Waals surface area (Å²) < 4.78 is 11.4. The zero-order chi connectivity index (χ0) is 21.9. The molecule has 0 saturated carbocycles. The van der Waals surface area contributed by atoms with Gasteiger partial charge in [-0.15, -0.1) is 11.3 Å². The van der Waals surface area contributed by atoms with Crippen molar-refractivity contribution in [2.45, 2.75) is 31.8 Å². The minimum atomic E-state index is 0.00916. The molecule has 3 heterocycles. The largest absolute Gasteiger partial charge is 0.486 e. The molecule has 2 aliphatic heterocycles. The average molecular weight is 449 g/mol. The van der Waals surface area contributed by atoms with Gasteiger partial charge in [-0.25, -0.2) is 0 Å². The third kappa shape index (κ3) is 4.38. The molecule has 2 aliphatic rings. The maximum Gasteiger partial charge on any atom is 0.237 e. The van der Waals surface area contributed by atoms with E-state index < -0.39 is 0 Å². The Morgan fingerprint density at radius 1 is 1.12 bits per heavy atom. The van der Waals surface area contributed by atoms with E-state index in [-0.39, 0.29) is 18.0 Å². The van der Waals surface area contributed by atoms with Gasteiger partial charge in [-0.1, -0.05) is 42.0 Å². The molecule has 2 aromatic carbocycles. The second kappa shape index (κ2) is 9.35. The van der Waals surface area contributed by atoms with Crippen molar-refractivity contribution >= 4 is 17.2 Å². The lowest BCUT2D eigenvalue weighted by Crippen LogP contribution is -2.39. The molecule has 1 saturated heterocycles. The van der Waals surface area contributed by atoms with Gasteiger partial charge in [0.2, 0.25) is 5.91 Å². The highest BCUT2D eigenvalue weighted by molar-refractivity contribution is 7.10. The molecule has 1 amide bonds. The Labute approximate surface area is 193 Å². The van der Waals surface area contributed by atoms with Crippen molar-refractivity contribution in [2.24, 2.45) is 0 Å². The van der Waals surface area contributed by atoms with Gasteiger partial charge in [-0.2, -0.15) is 0 Å². The van der Waals surface area contributed by atoms with Gasteiger partial charge in [0, 0.05) is 11.4 Å². The summed E-state index contributed by atoms with van der Waals surface area (Å²) in [5.74, 6) is 1.70. The van der Waals surface area contributed by atoms with Gasteiger partial charge in [0.05, 0.1) is 18.6 Å². The third-order valence-electron chi connectivity index (χ3n) is 6.22. The number of nitrogens with zero attached hydrogens (tertiary/aromatic N) is 1. The smallest absolute Gasteiger partial charge is 0.237 e. The number of hydrogen-bond donors (Lipinski definition) is 1. The Morgan fingerprint density at radius 3 is 2.72 bits per heavy atom. The van der Waals surface area contributed by atoms with Crippen LogP contribution in [0.5, 0.6) is 11.5 Å². The quantitative estimate of drug-likeness (QED) is 0.585. The van der Waals surface area contributed by atoms with Crippen LogP contribution in [0.15, 0.2) is 60.0 Å². The predicted molar refractivity (Wildman–Crippen MR) is 126 cm³/mol. The predicted octanol–water partition coefficient (Wildman–Crippen LogP) is 4.87. The number of amides is 1. The summed E-state index contributed by atoms with van der Waals surface area (Å²) >= 11 is 1.71. The highest BCUT2D eigenvalue weighted by Gasteiger charge is 2.31. The molecule has 32 heavy (non-hydrogen) atoms. The standard InChI is InChI=1S/C26H28N2O3S/c1-18-6-8-19(9-7-18)26(24-5-3-15-32-24)27-17-25(29)28-12-2-4-21(28)20-10-11-22-23(16-20)31-14-13-30-22/h3,5-11,15-16,21,26-27H,2,4,12-14,17H2,1H3/t21-,26+/m1/s1. The van der Waals surface area contributed by atoms with Gasteiger partial charge in [-0.05, 0) is 54.5 Å². The van der Waals surface area contributed by atoms with Crippen molar-refractivity contribution in [3.8, 4) is 11.5 Å². The maximum absolute atomic E-state index is 13.3. The van der Waals surface area contributed by atoms with E-state index in [1.807, 2.05) is 17.0 Å². The van der Waals surface area contributed by atoms with Crippen molar-refractivity contribution < 1.29 is 14.3 Å². The van der Waals surface area contributed by atoms with Crippen LogP contribution in [0, 0.1) is 6.92 Å². The molecule has 0 radical (unpaired) electrons. The van der Waals surface area contributed by atoms with Crippen LogP contribution in [0.25, 0.3) is 0 Å². The Morgan fingerprint density at radius 2 is 1.94 bits per heavy atom. The Balaban J connectivity index is 1.30. The molecular formula is C26H28N2O3S. The van der Waals surface area contributed by atoms with Crippen LogP contribution in [0.1, 0.15) is 46.5 Å². The number of aryl methyl sites for hydroxylation is 1. The minimum Gasteiger partial charge on any atom is -0.486 e. The number of benzene rings is 2. The van der Waals surface area contributed by atoms with Crippen molar-refractivity contribution in [3.05, 3.63) is 81.5 Å². The number of fused-ring (bicyclic) bond motifs is 1. The lowest BCUT2D eigenvalue weighted by molar-refractivity contribution is -0.131. The van der Waals surface area contributed by atoms with E-state index in [1.165, 1.54) is 16.0 Å². The van der Waals surface area contributed by atoms with Gasteiger partial charge < -0.3 is 14.4 Å². The molecule has 0 aliphatic carbocycles. The number of rotatable bonds is 6. The number of thiophene rings is 1. The van der Waals surface area contributed by atoms with Crippen molar-refractivity contribution in [2.75, 3.05) is 26.3 Å². The molecular weight excluding hydrogens is 420 g/mol. The van der Waals surface area contributed by atoms with Crippen LogP contribution in [-0.2, 0) is 4.79 Å². The zero-order valence-corrected chi connectivity index (χ0v) is 19.1. The fourth-order valence-corrected chi connectivity index (χ4v) is 5.39. The molecule has 0 spiro atoms. The summed E-state index contributed by atoms with van der Waals surface area (Å²) in [5, 5.41) is 5.61. The number of hydrogen-bond acceptors (Lipinski definition) is 5. The van der Waals surface area contributed by atoms with E-state index in [0.29, 0.717) is 19.8 Å². The first-order valence-electron chi connectivity index (χ1n) is 11.2. The lowest BCUT2D eigenvalue weighted by Gasteiger charge is -2.28. The molecule has 166 valence electrons. The van der Waals surface area contributed by atoms with Crippen molar-refractivity contribution in [3.63, 3.8) is 0 Å². The van der Waals surface area contributed by atoms with E-state index in [0.717, 1.165) is 36.4 Å². The first-order chi connectivity index (χ1) is 15.7. The number of carbonyl (C=O) groups is 1. The molecule has 5 rings (SSSR count). The van der Waals surface area contributed by atoms with Crippen LogP contribution in [0.4, 0.5) is 0 Å². The van der Waals surface area contributed by atoms with Gasteiger partial charge >= 0.3 is 0 Å². The highest BCUT2D eigenvalue weighted by atomic mass is 32.1. The molecule has 1 aromatic heterocycles. The summed E-state index contributed by atoms with van der Waals surface area (Å²) in [4.78, 5) is 16.5. The number of carbonyl (C=O) groups excluding carboxylic acids is 1. The first-order valence-corrected chi connectivity index (χ1v) is 12.1. The first kappa shape index (κ1) is 21.0. The summed E-state index contributed by atoms with van der Waals surface area (Å²) in [7, 11) is 0. The van der Waals surface area contributed by atoms with E-state index in [1.54, 1.807) is 11.3 Å². The van der Waals surface area contributed by atoms with Gasteiger partial charge in [0.1, 0.15) is 13.2 Å². The number of ether oxygens (including phenoxy) is 2. The second-order valence-electron chi connectivity index (χ2n) is 8.39. The van der Waals surface area contributed by atoms with Crippen LogP contribution >= 0.6 is 11.3 Å². The van der Waals surface area contributed by atoms with Gasteiger partial charge in [0.15, 0.2) is 11.5 Å².